The third-order valence-electron chi connectivity index (χ3n) is 3.33. The maximum absolute atomic E-state index is 12.5. The van der Waals surface area contributed by atoms with Crippen molar-refractivity contribution in [1.82, 2.24) is 20.2 Å². The highest BCUT2D eigenvalue weighted by atomic mass is 32.2. The summed E-state index contributed by atoms with van der Waals surface area (Å²) >= 11 is 0. The Hall–Kier alpha value is -2.49. The van der Waals surface area contributed by atoms with Crippen LogP contribution in [0.4, 0.5) is 0 Å². The standard InChI is InChI=1S/C14H18N4O5S/c1-4-23-13(19)10(2)24(20,21)14-15-16-17-18(14)9-11-5-7-12(22-3)8-6-11/h5-8,10H,4,9H2,1-3H3. The van der Waals surface area contributed by atoms with E-state index < -0.39 is 21.1 Å². The summed E-state index contributed by atoms with van der Waals surface area (Å²) in [5.74, 6) is -0.157. The summed E-state index contributed by atoms with van der Waals surface area (Å²) in [4.78, 5) is 11.7. The zero-order chi connectivity index (χ0) is 17.7. The largest absolute Gasteiger partial charge is 0.497 e. The first-order chi connectivity index (χ1) is 11.4. The number of rotatable bonds is 7. The molecule has 0 fully saturated rings. The van der Waals surface area contributed by atoms with Crippen LogP contribution in [0, 0.1) is 0 Å². The van der Waals surface area contributed by atoms with Crippen LogP contribution in [-0.4, -0.2) is 53.6 Å². The van der Waals surface area contributed by atoms with Crippen LogP contribution >= 0.6 is 0 Å². The second kappa shape index (κ2) is 7.39. The molecule has 24 heavy (non-hydrogen) atoms. The zero-order valence-electron chi connectivity index (χ0n) is 13.5. The van der Waals surface area contributed by atoms with Crippen molar-refractivity contribution in [3.05, 3.63) is 29.8 Å². The summed E-state index contributed by atoms with van der Waals surface area (Å²) < 4.78 is 36.0. The Bertz CT molecular complexity index is 801. The second-order valence-corrected chi connectivity index (χ2v) is 7.07. The highest BCUT2D eigenvalue weighted by Crippen LogP contribution is 2.17. The van der Waals surface area contributed by atoms with Crippen LogP contribution in [0.3, 0.4) is 0 Å². The lowest BCUT2D eigenvalue weighted by molar-refractivity contribution is -0.142. The molecule has 0 N–H and O–H groups in total. The second-order valence-electron chi connectivity index (χ2n) is 4.91. The predicted molar refractivity (Wildman–Crippen MR) is 83.2 cm³/mol. The molecule has 2 aromatic rings. The Balaban J connectivity index is 2.26. The molecule has 2 rings (SSSR count). The molecule has 10 heteroatoms. The molecule has 0 saturated carbocycles. The number of hydrogen-bond acceptors (Lipinski definition) is 8. The van der Waals surface area contributed by atoms with Crippen molar-refractivity contribution in [2.45, 2.75) is 30.8 Å². The van der Waals surface area contributed by atoms with Gasteiger partial charge in [0.1, 0.15) is 5.75 Å². The number of tetrazole rings is 1. The fourth-order valence-electron chi connectivity index (χ4n) is 1.95. The van der Waals surface area contributed by atoms with Crippen LogP contribution in [0.15, 0.2) is 29.4 Å². The van der Waals surface area contributed by atoms with E-state index in [9.17, 15) is 13.2 Å². The van der Waals surface area contributed by atoms with E-state index >= 15 is 0 Å². The first-order valence-corrected chi connectivity index (χ1v) is 8.74. The number of methoxy groups -OCH3 is 1. The monoisotopic (exact) mass is 354 g/mol. The van der Waals surface area contributed by atoms with Gasteiger partial charge >= 0.3 is 5.97 Å². The number of carbonyl (C=O) groups is 1. The summed E-state index contributed by atoms with van der Waals surface area (Å²) in [6, 6.07) is 7.03. The van der Waals surface area contributed by atoms with Gasteiger partial charge in [-0.15, -0.1) is 0 Å². The first-order valence-electron chi connectivity index (χ1n) is 7.19. The molecule has 0 amide bonds. The minimum absolute atomic E-state index is 0.0927. The summed E-state index contributed by atoms with van der Waals surface area (Å²) in [7, 11) is -2.50. The van der Waals surface area contributed by atoms with Crippen LogP contribution in [-0.2, 0) is 25.9 Å². The number of nitrogens with zero attached hydrogens (tertiary/aromatic N) is 4. The van der Waals surface area contributed by atoms with Gasteiger partial charge in [-0.2, -0.15) is 0 Å². The van der Waals surface area contributed by atoms with Crippen LogP contribution in [0.2, 0.25) is 0 Å². The highest BCUT2D eigenvalue weighted by molar-refractivity contribution is 7.92. The molecule has 1 atom stereocenters. The van der Waals surface area contributed by atoms with Gasteiger partial charge in [-0.05, 0) is 42.0 Å². The molecule has 1 heterocycles. The molecule has 0 aliphatic heterocycles. The molecule has 0 bridgehead atoms. The smallest absolute Gasteiger partial charge is 0.324 e. The predicted octanol–water partition coefficient (Wildman–Crippen LogP) is 0.455. The Morgan fingerprint density at radius 3 is 2.54 bits per heavy atom. The third kappa shape index (κ3) is 3.70. The molecule has 1 unspecified atom stereocenters. The Morgan fingerprint density at radius 1 is 1.29 bits per heavy atom. The van der Waals surface area contributed by atoms with Crippen molar-refractivity contribution in [2.75, 3.05) is 13.7 Å². The van der Waals surface area contributed by atoms with E-state index in [0.717, 1.165) is 10.2 Å². The van der Waals surface area contributed by atoms with E-state index in [1.54, 1.807) is 38.3 Å². The average molecular weight is 354 g/mol. The van der Waals surface area contributed by atoms with Crippen molar-refractivity contribution >= 4 is 15.8 Å². The highest BCUT2D eigenvalue weighted by Gasteiger charge is 2.35. The molecule has 9 nitrogen and oxygen atoms in total. The van der Waals surface area contributed by atoms with Crippen molar-refractivity contribution in [1.29, 1.82) is 0 Å². The van der Waals surface area contributed by atoms with Crippen LogP contribution < -0.4 is 4.74 Å². The number of esters is 1. The molecule has 0 saturated heterocycles. The first kappa shape index (κ1) is 17.9. The Kier molecular flexibility index (Phi) is 5.50. The third-order valence-corrected chi connectivity index (χ3v) is 5.25. The number of ether oxygens (including phenoxy) is 2. The molecular weight excluding hydrogens is 336 g/mol. The number of hydrogen-bond donors (Lipinski definition) is 0. The fraction of sp³-hybridized carbons (Fsp3) is 0.429. The van der Waals surface area contributed by atoms with Crippen LogP contribution in [0.25, 0.3) is 0 Å². The minimum Gasteiger partial charge on any atom is -0.497 e. The average Bonchev–Trinajstić information content (AvgIpc) is 3.04. The molecule has 0 radical (unpaired) electrons. The molecule has 0 aliphatic carbocycles. The van der Waals surface area contributed by atoms with Gasteiger partial charge in [0.15, 0.2) is 5.25 Å². The summed E-state index contributed by atoms with van der Waals surface area (Å²) in [5, 5.41) is 8.91. The normalized spacial score (nSPS) is 12.6. The van der Waals surface area contributed by atoms with Crippen molar-refractivity contribution in [3.63, 3.8) is 0 Å². The maximum atomic E-state index is 12.5. The lowest BCUT2D eigenvalue weighted by Gasteiger charge is -2.11. The molecule has 1 aromatic carbocycles. The van der Waals surface area contributed by atoms with Gasteiger partial charge in [-0.25, -0.2) is 13.1 Å². The fourth-order valence-corrected chi connectivity index (χ4v) is 3.13. The lowest BCUT2D eigenvalue weighted by atomic mass is 10.2. The van der Waals surface area contributed by atoms with Crippen molar-refractivity contribution in [3.8, 4) is 5.75 Å². The van der Waals surface area contributed by atoms with Gasteiger partial charge < -0.3 is 9.47 Å². The van der Waals surface area contributed by atoms with Crippen LogP contribution in [0.1, 0.15) is 19.4 Å². The van der Waals surface area contributed by atoms with Gasteiger partial charge in [0.2, 0.25) is 9.84 Å². The van der Waals surface area contributed by atoms with E-state index in [1.165, 1.54) is 6.92 Å². The zero-order valence-corrected chi connectivity index (χ0v) is 14.4. The van der Waals surface area contributed by atoms with E-state index in [1.807, 2.05) is 0 Å². The minimum atomic E-state index is -4.05. The maximum Gasteiger partial charge on any atom is 0.324 e. The topological polar surface area (TPSA) is 113 Å². The summed E-state index contributed by atoms with van der Waals surface area (Å²) in [6.45, 7) is 3.08. The molecular formula is C14H18N4O5S. The number of sulfone groups is 1. The molecule has 0 aliphatic rings. The number of aromatic nitrogens is 4. The van der Waals surface area contributed by atoms with Crippen LogP contribution in [0.5, 0.6) is 5.75 Å². The summed E-state index contributed by atoms with van der Waals surface area (Å²) in [6.07, 6.45) is 0. The lowest BCUT2D eigenvalue weighted by Crippen LogP contribution is -2.31. The SMILES string of the molecule is CCOC(=O)C(C)S(=O)(=O)c1nnnn1Cc1ccc(OC)cc1. The molecule has 0 spiro atoms. The number of benzene rings is 1. The van der Waals surface area contributed by atoms with Gasteiger partial charge in [0, 0.05) is 0 Å². The van der Waals surface area contributed by atoms with Gasteiger partial charge in [-0.3, -0.25) is 4.79 Å². The van der Waals surface area contributed by atoms with E-state index in [0.29, 0.717) is 5.75 Å². The molecule has 130 valence electrons. The van der Waals surface area contributed by atoms with E-state index in [2.05, 4.69) is 15.5 Å². The van der Waals surface area contributed by atoms with Gasteiger partial charge in [0.05, 0.1) is 20.3 Å². The summed E-state index contributed by atoms with van der Waals surface area (Å²) in [5.41, 5.74) is 0.781. The number of carbonyl (C=O) groups excluding carboxylic acids is 1. The van der Waals surface area contributed by atoms with Crippen molar-refractivity contribution < 1.29 is 22.7 Å². The van der Waals surface area contributed by atoms with E-state index in [4.69, 9.17) is 9.47 Å². The Morgan fingerprint density at radius 2 is 1.96 bits per heavy atom. The Labute approximate surface area is 139 Å². The van der Waals surface area contributed by atoms with Gasteiger partial charge in [-0.1, -0.05) is 17.2 Å². The van der Waals surface area contributed by atoms with Crippen molar-refractivity contribution in [2.24, 2.45) is 0 Å². The van der Waals surface area contributed by atoms with E-state index in [-0.39, 0.29) is 18.3 Å². The quantitative estimate of drug-likeness (QED) is 0.659. The van der Waals surface area contributed by atoms with Gasteiger partial charge in [0.25, 0.3) is 5.16 Å². The molecule has 1 aromatic heterocycles.